The van der Waals surface area contributed by atoms with Crippen LogP contribution < -0.4 is 11.1 Å². The summed E-state index contributed by atoms with van der Waals surface area (Å²) < 4.78 is 0. The first-order chi connectivity index (χ1) is 9.08. The number of hydrogen-bond donors (Lipinski definition) is 2. The van der Waals surface area contributed by atoms with Gasteiger partial charge in [-0.15, -0.1) is 0 Å². The second-order valence-electron chi connectivity index (χ2n) is 4.70. The monoisotopic (exact) mass is 254 g/mol. The van der Waals surface area contributed by atoms with Gasteiger partial charge in [-0.1, -0.05) is 48.0 Å². The first kappa shape index (κ1) is 13.3. The van der Waals surface area contributed by atoms with Crippen molar-refractivity contribution < 1.29 is 4.79 Å². The SMILES string of the molecule is Cc1ccc(NC(=O)C(N)c2ccccc2)c(C)c1. The van der Waals surface area contributed by atoms with Gasteiger partial charge in [0.25, 0.3) is 0 Å². The zero-order valence-electron chi connectivity index (χ0n) is 11.2. The van der Waals surface area contributed by atoms with Gasteiger partial charge in [-0.2, -0.15) is 0 Å². The second kappa shape index (κ2) is 5.67. The summed E-state index contributed by atoms with van der Waals surface area (Å²) in [5, 5.41) is 2.87. The third-order valence-electron chi connectivity index (χ3n) is 3.08. The van der Waals surface area contributed by atoms with Crippen molar-refractivity contribution in [3.63, 3.8) is 0 Å². The summed E-state index contributed by atoms with van der Waals surface area (Å²) in [5.74, 6) is -0.196. The molecule has 0 fully saturated rings. The van der Waals surface area contributed by atoms with Gasteiger partial charge in [-0.3, -0.25) is 4.79 Å². The van der Waals surface area contributed by atoms with E-state index < -0.39 is 6.04 Å². The van der Waals surface area contributed by atoms with Gasteiger partial charge in [-0.25, -0.2) is 0 Å². The maximum Gasteiger partial charge on any atom is 0.245 e. The van der Waals surface area contributed by atoms with Gasteiger partial charge >= 0.3 is 0 Å². The number of benzene rings is 2. The van der Waals surface area contributed by atoms with Crippen molar-refractivity contribution in [2.75, 3.05) is 5.32 Å². The minimum atomic E-state index is -0.651. The Hall–Kier alpha value is -2.13. The Morgan fingerprint density at radius 3 is 2.42 bits per heavy atom. The average Bonchev–Trinajstić information content (AvgIpc) is 2.42. The molecule has 19 heavy (non-hydrogen) atoms. The first-order valence-corrected chi connectivity index (χ1v) is 6.26. The van der Waals surface area contributed by atoms with E-state index in [0.29, 0.717) is 0 Å². The maximum atomic E-state index is 12.1. The molecule has 0 aromatic heterocycles. The molecule has 3 heteroatoms. The van der Waals surface area contributed by atoms with E-state index in [1.807, 2.05) is 62.4 Å². The van der Waals surface area contributed by atoms with Crippen molar-refractivity contribution in [3.8, 4) is 0 Å². The largest absolute Gasteiger partial charge is 0.324 e. The fourth-order valence-electron chi connectivity index (χ4n) is 1.98. The van der Waals surface area contributed by atoms with Crippen LogP contribution in [0, 0.1) is 13.8 Å². The fraction of sp³-hybridized carbons (Fsp3) is 0.188. The summed E-state index contributed by atoms with van der Waals surface area (Å²) in [6, 6.07) is 14.6. The molecule has 1 unspecified atom stereocenters. The zero-order valence-corrected chi connectivity index (χ0v) is 11.2. The van der Waals surface area contributed by atoms with Crippen molar-refractivity contribution in [1.29, 1.82) is 0 Å². The normalized spacial score (nSPS) is 11.9. The molecule has 0 aliphatic rings. The highest BCUT2D eigenvalue weighted by molar-refractivity contribution is 5.96. The molecule has 0 spiro atoms. The minimum absolute atomic E-state index is 0.196. The van der Waals surface area contributed by atoms with Crippen LogP contribution in [0.5, 0.6) is 0 Å². The van der Waals surface area contributed by atoms with Crippen molar-refractivity contribution in [2.24, 2.45) is 5.73 Å². The van der Waals surface area contributed by atoms with Crippen molar-refractivity contribution in [3.05, 3.63) is 65.2 Å². The van der Waals surface area contributed by atoms with Crippen LogP contribution in [0.2, 0.25) is 0 Å². The molecule has 0 saturated heterocycles. The summed E-state index contributed by atoms with van der Waals surface area (Å²) in [6.45, 7) is 3.99. The second-order valence-corrected chi connectivity index (χ2v) is 4.70. The smallest absolute Gasteiger partial charge is 0.245 e. The molecule has 0 aliphatic carbocycles. The lowest BCUT2D eigenvalue weighted by atomic mass is 10.1. The molecule has 2 aromatic carbocycles. The number of rotatable bonds is 3. The van der Waals surface area contributed by atoms with Crippen molar-refractivity contribution >= 4 is 11.6 Å². The zero-order chi connectivity index (χ0) is 13.8. The van der Waals surface area contributed by atoms with Crippen LogP contribution in [0.4, 0.5) is 5.69 Å². The highest BCUT2D eigenvalue weighted by atomic mass is 16.2. The Labute approximate surface area is 113 Å². The predicted octanol–water partition coefficient (Wildman–Crippen LogP) is 2.94. The summed E-state index contributed by atoms with van der Waals surface area (Å²) in [4.78, 5) is 12.1. The van der Waals surface area contributed by atoms with E-state index in [1.165, 1.54) is 5.56 Å². The number of anilines is 1. The highest BCUT2D eigenvalue weighted by Crippen LogP contribution is 2.18. The van der Waals surface area contributed by atoms with Crippen LogP contribution in [0.25, 0.3) is 0 Å². The van der Waals surface area contributed by atoms with Gasteiger partial charge in [0.1, 0.15) is 6.04 Å². The van der Waals surface area contributed by atoms with Gasteiger partial charge in [-0.05, 0) is 31.0 Å². The van der Waals surface area contributed by atoms with Gasteiger partial charge < -0.3 is 11.1 Å². The Kier molecular flexibility index (Phi) is 3.97. The van der Waals surface area contributed by atoms with Gasteiger partial charge in [0.15, 0.2) is 0 Å². The fourth-order valence-corrected chi connectivity index (χ4v) is 1.98. The van der Waals surface area contributed by atoms with E-state index in [2.05, 4.69) is 5.32 Å². The molecule has 0 bridgehead atoms. The molecule has 2 rings (SSSR count). The minimum Gasteiger partial charge on any atom is -0.324 e. The Bertz CT molecular complexity index is 579. The Morgan fingerprint density at radius 1 is 1.11 bits per heavy atom. The van der Waals surface area contributed by atoms with Crippen molar-refractivity contribution in [1.82, 2.24) is 0 Å². The van der Waals surface area contributed by atoms with Crippen molar-refractivity contribution in [2.45, 2.75) is 19.9 Å². The number of hydrogen-bond acceptors (Lipinski definition) is 2. The molecule has 3 N–H and O–H groups in total. The van der Waals surface area contributed by atoms with Crippen LogP contribution in [-0.2, 0) is 4.79 Å². The predicted molar refractivity (Wildman–Crippen MR) is 77.9 cm³/mol. The van der Waals surface area contributed by atoms with Crippen LogP contribution in [0.1, 0.15) is 22.7 Å². The molecule has 0 aliphatic heterocycles. The number of amides is 1. The lowest BCUT2D eigenvalue weighted by molar-refractivity contribution is -0.117. The maximum absolute atomic E-state index is 12.1. The molecule has 2 aromatic rings. The van der Waals surface area contributed by atoms with Crippen LogP contribution in [-0.4, -0.2) is 5.91 Å². The quantitative estimate of drug-likeness (QED) is 0.884. The lowest BCUT2D eigenvalue weighted by Gasteiger charge is -2.14. The summed E-state index contributed by atoms with van der Waals surface area (Å²) in [6.07, 6.45) is 0. The Balaban J connectivity index is 2.13. The molecule has 98 valence electrons. The number of nitrogens with two attached hydrogens (primary N) is 1. The summed E-state index contributed by atoms with van der Waals surface area (Å²) in [7, 11) is 0. The van der Waals surface area contributed by atoms with Gasteiger partial charge in [0, 0.05) is 5.69 Å². The summed E-state index contributed by atoms with van der Waals surface area (Å²) in [5.41, 5.74) is 9.78. The number of carbonyl (C=O) groups excluding carboxylic acids is 1. The van der Waals surface area contributed by atoms with E-state index in [1.54, 1.807) is 0 Å². The summed E-state index contributed by atoms with van der Waals surface area (Å²) >= 11 is 0. The van der Waals surface area contributed by atoms with Crippen LogP contribution in [0.15, 0.2) is 48.5 Å². The molecule has 0 saturated carbocycles. The third kappa shape index (κ3) is 3.20. The molecule has 1 amide bonds. The molecular formula is C16H18N2O. The molecule has 0 heterocycles. The van der Waals surface area contributed by atoms with E-state index in [4.69, 9.17) is 5.73 Å². The lowest BCUT2D eigenvalue weighted by Crippen LogP contribution is -2.27. The number of carbonyl (C=O) groups is 1. The number of nitrogens with one attached hydrogen (secondary N) is 1. The topological polar surface area (TPSA) is 55.1 Å². The van der Waals surface area contributed by atoms with E-state index in [-0.39, 0.29) is 5.91 Å². The molecule has 3 nitrogen and oxygen atoms in total. The Morgan fingerprint density at radius 2 is 1.79 bits per heavy atom. The van der Waals surface area contributed by atoms with Crippen LogP contribution >= 0.6 is 0 Å². The molecule has 0 radical (unpaired) electrons. The first-order valence-electron chi connectivity index (χ1n) is 6.26. The number of aryl methyl sites for hydroxylation is 2. The molecule has 1 atom stereocenters. The molecular weight excluding hydrogens is 236 g/mol. The van der Waals surface area contributed by atoms with Gasteiger partial charge in [0.05, 0.1) is 0 Å². The highest BCUT2D eigenvalue weighted by Gasteiger charge is 2.16. The standard InChI is InChI=1S/C16H18N2O/c1-11-8-9-14(12(2)10-11)18-16(19)15(17)13-6-4-3-5-7-13/h3-10,15H,17H2,1-2H3,(H,18,19). The van der Waals surface area contributed by atoms with E-state index >= 15 is 0 Å². The third-order valence-corrected chi connectivity index (χ3v) is 3.08. The van der Waals surface area contributed by atoms with Gasteiger partial charge in [0.2, 0.25) is 5.91 Å². The van der Waals surface area contributed by atoms with Crippen LogP contribution in [0.3, 0.4) is 0 Å². The average molecular weight is 254 g/mol. The van der Waals surface area contributed by atoms with E-state index in [0.717, 1.165) is 16.8 Å². The van der Waals surface area contributed by atoms with E-state index in [9.17, 15) is 4.79 Å².